The van der Waals surface area contributed by atoms with Crippen LogP contribution in [0.4, 0.5) is 5.82 Å². The molecule has 0 bridgehead atoms. The monoisotopic (exact) mass is 236 g/mol. The van der Waals surface area contributed by atoms with Crippen LogP contribution in [-0.4, -0.2) is 48.3 Å². The molecule has 1 unspecified atom stereocenters. The van der Waals surface area contributed by atoms with Crippen LogP contribution in [0.25, 0.3) is 0 Å². The van der Waals surface area contributed by atoms with E-state index in [0.29, 0.717) is 18.7 Å². The third-order valence-corrected chi connectivity index (χ3v) is 2.73. The minimum absolute atomic E-state index is 0.0132. The summed E-state index contributed by atoms with van der Waals surface area (Å²) in [5.74, 6) is 0.830. The summed E-state index contributed by atoms with van der Waals surface area (Å²) < 4.78 is 5.37. The summed E-state index contributed by atoms with van der Waals surface area (Å²) >= 11 is 0. The van der Waals surface area contributed by atoms with Gasteiger partial charge in [0.2, 0.25) is 0 Å². The van der Waals surface area contributed by atoms with E-state index in [1.807, 2.05) is 11.0 Å². The lowest BCUT2D eigenvalue weighted by Gasteiger charge is -2.32. The van der Waals surface area contributed by atoms with Crippen LogP contribution < -0.4 is 10.6 Å². The van der Waals surface area contributed by atoms with E-state index in [1.54, 1.807) is 12.3 Å². The normalized spacial score (nSPS) is 20.3. The van der Waals surface area contributed by atoms with E-state index >= 15 is 0 Å². The Morgan fingerprint density at radius 1 is 1.65 bits per heavy atom. The van der Waals surface area contributed by atoms with Gasteiger partial charge in [-0.1, -0.05) is 0 Å². The Labute approximate surface area is 99.5 Å². The molecule has 0 spiro atoms. The molecule has 1 aromatic heterocycles. The van der Waals surface area contributed by atoms with Gasteiger partial charge in [-0.3, -0.25) is 5.41 Å². The molecule has 6 nitrogen and oxygen atoms in total. The fourth-order valence-electron chi connectivity index (χ4n) is 1.77. The summed E-state index contributed by atoms with van der Waals surface area (Å²) in [5.41, 5.74) is 5.97. The summed E-state index contributed by atoms with van der Waals surface area (Å²) in [7, 11) is 0. The predicted octanol–water partition coefficient (Wildman–Crippen LogP) is -0.437. The lowest BCUT2D eigenvalue weighted by Crippen LogP contribution is -2.44. The van der Waals surface area contributed by atoms with Gasteiger partial charge in [-0.25, -0.2) is 4.98 Å². The van der Waals surface area contributed by atoms with Crippen LogP contribution in [0.3, 0.4) is 0 Å². The zero-order chi connectivity index (χ0) is 12.3. The molecule has 0 aliphatic carbocycles. The minimum atomic E-state index is -0.155. The zero-order valence-corrected chi connectivity index (χ0v) is 9.47. The van der Waals surface area contributed by atoms with Crippen LogP contribution in [0.5, 0.6) is 0 Å². The van der Waals surface area contributed by atoms with Gasteiger partial charge in [-0.2, -0.15) is 0 Å². The highest BCUT2D eigenvalue weighted by atomic mass is 16.5. The van der Waals surface area contributed by atoms with Crippen LogP contribution in [-0.2, 0) is 4.74 Å². The number of aromatic nitrogens is 1. The van der Waals surface area contributed by atoms with E-state index in [4.69, 9.17) is 21.0 Å². The number of morpholine rings is 1. The SMILES string of the molecule is N=C(N)c1ccc(N2CCOC(CO)C2)nc1. The Kier molecular flexibility index (Phi) is 3.55. The van der Waals surface area contributed by atoms with Crippen LogP contribution in [0.15, 0.2) is 18.3 Å². The molecule has 4 N–H and O–H groups in total. The number of hydrogen-bond donors (Lipinski definition) is 3. The van der Waals surface area contributed by atoms with Crippen molar-refractivity contribution in [1.82, 2.24) is 4.98 Å². The van der Waals surface area contributed by atoms with Gasteiger partial charge < -0.3 is 20.5 Å². The number of nitrogen functional groups attached to an aromatic ring is 1. The average molecular weight is 236 g/mol. The average Bonchev–Trinajstić information content (AvgIpc) is 2.39. The van der Waals surface area contributed by atoms with Crippen molar-refractivity contribution in [3.8, 4) is 0 Å². The molecule has 0 saturated carbocycles. The van der Waals surface area contributed by atoms with Crippen molar-refractivity contribution < 1.29 is 9.84 Å². The molecule has 0 amide bonds. The molecule has 1 fully saturated rings. The van der Waals surface area contributed by atoms with E-state index in [1.165, 1.54) is 0 Å². The number of aliphatic hydroxyl groups excluding tert-OH is 1. The summed E-state index contributed by atoms with van der Waals surface area (Å²) in [6.45, 7) is 1.98. The molecule has 6 heteroatoms. The number of rotatable bonds is 3. The second-order valence-electron chi connectivity index (χ2n) is 3.94. The summed E-state index contributed by atoms with van der Waals surface area (Å²) in [6.07, 6.45) is 1.43. The van der Waals surface area contributed by atoms with Crippen molar-refractivity contribution in [1.29, 1.82) is 5.41 Å². The number of nitrogens with two attached hydrogens (primary N) is 1. The highest BCUT2D eigenvalue weighted by Crippen LogP contribution is 2.15. The Bertz CT molecular complexity index is 393. The molecule has 1 aliphatic rings. The van der Waals surface area contributed by atoms with Crippen molar-refractivity contribution in [3.63, 3.8) is 0 Å². The summed E-state index contributed by atoms with van der Waals surface area (Å²) in [5, 5.41) is 16.3. The van der Waals surface area contributed by atoms with Crippen LogP contribution in [0.1, 0.15) is 5.56 Å². The molecule has 0 radical (unpaired) electrons. The first kappa shape index (κ1) is 11.8. The van der Waals surface area contributed by atoms with Gasteiger partial charge in [-0.15, -0.1) is 0 Å². The Balaban J connectivity index is 2.08. The fraction of sp³-hybridized carbons (Fsp3) is 0.455. The highest BCUT2D eigenvalue weighted by Gasteiger charge is 2.20. The molecular weight excluding hydrogens is 220 g/mol. The van der Waals surface area contributed by atoms with Crippen molar-refractivity contribution in [2.24, 2.45) is 5.73 Å². The molecule has 1 aromatic rings. The van der Waals surface area contributed by atoms with Gasteiger partial charge in [-0.05, 0) is 12.1 Å². The molecule has 2 heterocycles. The smallest absolute Gasteiger partial charge is 0.128 e. The van der Waals surface area contributed by atoms with E-state index < -0.39 is 0 Å². The maximum Gasteiger partial charge on any atom is 0.128 e. The Morgan fingerprint density at radius 2 is 2.47 bits per heavy atom. The van der Waals surface area contributed by atoms with E-state index in [-0.39, 0.29) is 18.5 Å². The first-order valence-corrected chi connectivity index (χ1v) is 5.48. The number of amidine groups is 1. The van der Waals surface area contributed by atoms with Gasteiger partial charge in [0.15, 0.2) is 0 Å². The number of pyridine rings is 1. The summed E-state index contributed by atoms with van der Waals surface area (Å²) in [6, 6.07) is 3.60. The molecular formula is C11H16N4O2. The molecule has 1 saturated heterocycles. The highest BCUT2D eigenvalue weighted by molar-refractivity contribution is 5.94. The number of nitrogens with one attached hydrogen (secondary N) is 1. The lowest BCUT2D eigenvalue weighted by molar-refractivity contribution is 0.00336. The number of nitrogens with zero attached hydrogens (tertiary/aromatic N) is 2. The van der Waals surface area contributed by atoms with Crippen LogP contribution >= 0.6 is 0 Å². The summed E-state index contributed by atoms with van der Waals surface area (Å²) in [4.78, 5) is 6.31. The van der Waals surface area contributed by atoms with Gasteiger partial charge in [0.1, 0.15) is 11.7 Å². The Hall–Kier alpha value is -1.66. The van der Waals surface area contributed by atoms with E-state index in [2.05, 4.69) is 4.98 Å². The van der Waals surface area contributed by atoms with E-state index in [9.17, 15) is 0 Å². The molecule has 1 aliphatic heterocycles. The lowest BCUT2D eigenvalue weighted by atomic mass is 10.2. The molecule has 1 atom stereocenters. The zero-order valence-electron chi connectivity index (χ0n) is 9.47. The van der Waals surface area contributed by atoms with Gasteiger partial charge in [0.25, 0.3) is 0 Å². The maximum atomic E-state index is 9.06. The molecule has 0 aromatic carbocycles. The maximum absolute atomic E-state index is 9.06. The van der Waals surface area contributed by atoms with Crippen molar-refractivity contribution in [2.75, 3.05) is 31.2 Å². The Morgan fingerprint density at radius 3 is 3.06 bits per heavy atom. The molecule has 2 rings (SSSR count). The number of anilines is 1. The number of ether oxygens (including phenoxy) is 1. The van der Waals surface area contributed by atoms with E-state index in [0.717, 1.165) is 12.4 Å². The second-order valence-corrected chi connectivity index (χ2v) is 3.94. The van der Waals surface area contributed by atoms with Gasteiger partial charge in [0.05, 0.1) is 19.3 Å². The van der Waals surface area contributed by atoms with Gasteiger partial charge in [0, 0.05) is 24.8 Å². The fourth-order valence-corrected chi connectivity index (χ4v) is 1.77. The number of hydrogen-bond acceptors (Lipinski definition) is 5. The topological polar surface area (TPSA) is 95.5 Å². The predicted molar refractivity (Wildman–Crippen MR) is 64.3 cm³/mol. The second kappa shape index (κ2) is 5.11. The third-order valence-electron chi connectivity index (χ3n) is 2.73. The van der Waals surface area contributed by atoms with Crippen molar-refractivity contribution in [2.45, 2.75) is 6.10 Å². The number of aliphatic hydroxyl groups is 1. The van der Waals surface area contributed by atoms with Crippen LogP contribution in [0, 0.1) is 5.41 Å². The third kappa shape index (κ3) is 2.72. The quantitative estimate of drug-likeness (QED) is 0.488. The largest absolute Gasteiger partial charge is 0.394 e. The van der Waals surface area contributed by atoms with Gasteiger partial charge >= 0.3 is 0 Å². The molecule has 92 valence electrons. The van der Waals surface area contributed by atoms with Crippen LogP contribution in [0.2, 0.25) is 0 Å². The first-order chi connectivity index (χ1) is 8.20. The molecule has 17 heavy (non-hydrogen) atoms. The standard InChI is InChI=1S/C11H16N4O2/c12-11(13)8-1-2-10(14-5-8)15-3-4-17-9(6-15)7-16/h1-2,5,9,16H,3-4,6-7H2,(H3,12,13). The minimum Gasteiger partial charge on any atom is -0.394 e. The first-order valence-electron chi connectivity index (χ1n) is 5.48. The van der Waals surface area contributed by atoms with Crippen molar-refractivity contribution in [3.05, 3.63) is 23.9 Å². The van der Waals surface area contributed by atoms with Crippen molar-refractivity contribution >= 4 is 11.7 Å².